The van der Waals surface area contributed by atoms with E-state index in [2.05, 4.69) is 6.07 Å². The Morgan fingerprint density at radius 1 is 0.556 bits per heavy atom. The molecule has 0 aliphatic heterocycles. The summed E-state index contributed by atoms with van der Waals surface area (Å²) in [5.74, 6) is 0.612. The highest BCUT2D eigenvalue weighted by Gasteiger charge is 1.85. The van der Waals surface area contributed by atoms with E-state index in [1.807, 2.05) is 165 Å². The third-order valence-corrected chi connectivity index (χ3v) is 4.39. The molecule has 4 aromatic carbocycles. The number of aliphatic hydroxyl groups excluding tert-OH is 1. The molecule has 0 saturated heterocycles. The Bertz CT molecular complexity index is 981. The predicted octanol–water partition coefficient (Wildman–Crippen LogP) is 13.5. The molecule has 0 radical (unpaired) electrons. The van der Waals surface area contributed by atoms with Crippen molar-refractivity contribution in [2.45, 2.75) is 104 Å². The van der Waals surface area contributed by atoms with Gasteiger partial charge in [-0.2, -0.15) is 5.26 Å². The number of benzene rings is 4. The Morgan fingerprint density at radius 2 is 0.844 bits per heavy atom. The lowest BCUT2D eigenvalue weighted by atomic mass is 10.2. The number of hydrogen-bond donors (Lipinski definition) is 1. The monoisotopic (exact) mass is 641 g/mol. The fourth-order valence-electron chi connectivity index (χ4n) is 2.37. The molecule has 0 spiro atoms. The molecule has 0 bridgehead atoms. The van der Waals surface area contributed by atoms with Crippen LogP contribution in [-0.2, 0) is 18.9 Å². The number of carbonyl (C=O) groups is 1. The highest BCUT2D eigenvalue weighted by Crippen LogP contribution is 2.00. The van der Waals surface area contributed by atoms with Gasteiger partial charge < -0.3 is 5.11 Å². The van der Waals surface area contributed by atoms with Crippen molar-refractivity contribution in [1.29, 1.82) is 5.26 Å². The second-order valence-corrected chi connectivity index (χ2v) is 6.88. The van der Waals surface area contributed by atoms with Crippen molar-refractivity contribution in [2.75, 3.05) is 0 Å². The van der Waals surface area contributed by atoms with E-state index in [4.69, 9.17) is 22.0 Å². The highest BCUT2D eigenvalue weighted by molar-refractivity contribution is 6.17. The fraction of sp³-hybridized carbons (Fsp3) is 0.366. The number of nitrogens with zero attached hydrogens (tertiary/aromatic N) is 1. The zero-order chi connectivity index (χ0) is 32.0. The molecule has 0 atom stereocenters. The zero-order valence-electron chi connectivity index (χ0n) is 26.4. The quantitative estimate of drug-likeness (QED) is 0.178. The topological polar surface area (TPSA) is 61.1 Å². The van der Waals surface area contributed by atoms with Crippen LogP contribution in [0.3, 0.4) is 0 Å². The van der Waals surface area contributed by atoms with E-state index < -0.39 is 0 Å². The van der Waals surface area contributed by atoms with E-state index in [0.29, 0.717) is 12.3 Å². The molecular weight excluding hydrogens is 574 g/mol. The van der Waals surface area contributed by atoms with E-state index in [1.165, 1.54) is 5.56 Å². The number of carbonyl (C=O) groups excluding carboxylic acids is 1. The third kappa shape index (κ3) is 42.5. The molecule has 45 heavy (non-hydrogen) atoms. The first-order valence-corrected chi connectivity index (χ1v) is 14.9. The summed E-state index contributed by atoms with van der Waals surface area (Å²) < 4.78 is 0. The minimum atomic E-state index is 0. The zero-order valence-corrected chi connectivity index (χ0v) is 27.2. The molecule has 4 rings (SSSR count). The number of halogens is 1. The molecule has 0 saturated carbocycles. The largest absolute Gasteiger partial charge is 0.392 e. The third-order valence-electron chi connectivity index (χ3n) is 4.08. The van der Waals surface area contributed by atoms with Crippen LogP contribution in [0.5, 0.6) is 0 Å². The normalized spacial score (nSPS) is 6.96. The number of aldehydes is 1. The van der Waals surface area contributed by atoms with Crippen molar-refractivity contribution in [3.63, 3.8) is 0 Å². The van der Waals surface area contributed by atoms with E-state index in [1.54, 1.807) is 12.1 Å². The van der Waals surface area contributed by atoms with Gasteiger partial charge >= 0.3 is 0 Å². The molecule has 4 heteroatoms. The molecule has 0 heterocycles. The van der Waals surface area contributed by atoms with Gasteiger partial charge in [0.25, 0.3) is 0 Å². The summed E-state index contributed by atoms with van der Waals surface area (Å²) in [6.45, 7) is 16.1. The van der Waals surface area contributed by atoms with E-state index in [0.717, 1.165) is 23.0 Å². The molecule has 0 fully saturated rings. The Labute approximate surface area is 286 Å². The van der Waals surface area contributed by atoms with E-state index in [-0.39, 0.29) is 36.3 Å². The van der Waals surface area contributed by atoms with Crippen LogP contribution in [0.15, 0.2) is 121 Å². The smallest absolute Gasteiger partial charge is 0.150 e. The van der Waals surface area contributed by atoms with Gasteiger partial charge in [-0.15, -0.1) is 11.6 Å². The SMILES string of the molecule is C.C.C.C.CC.CC.CC.CC.ClCc1ccccc1.N#CCc1ccccc1.O=Cc1ccccc1.OCc1ccccc1. The minimum Gasteiger partial charge on any atom is -0.392 e. The van der Waals surface area contributed by atoms with Crippen molar-refractivity contribution in [2.24, 2.45) is 0 Å². The summed E-state index contributed by atoms with van der Waals surface area (Å²) in [4.78, 5) is 10.0. The maximum Gasteiger partial charge on any atom is 0.150 e. The lowest BCUT2D eigenvalue weighted by Gasteiger charge is -1.89. The van der Waals surface area contributed by atoms with Crippen LogP contribution >= 0.6 is 11.6 Å². The van der Waals surface area contributed by atoms with Gasteiger partial charge in [0, 0.05) is 11.4 Å². The summed E-state index contributed by atoms with van der Waals surface area (Å²) in [5, 5.41) is 16.8. The molecule has 0 aliphatic carbocycles. The van der Waals surface area contributed by atoms with Gasteiger partial charge in [0.05, 0.1) is 19.1 Å². The first-order chi connectivity index (χ1) is 20.2. The van der Waals surface area contributed by atoms with Gasteiger partial charge in [0.15, 0.2) is 0 Å². The second kappa shape index (κ2) is 56.1. The molecule has 0 aliphatic rings. The molecule has 0 amide bonds. The predicted molar refractivity (Wildman–Crippen MR) is 208 cm³/mol. The van der Waals surface area contributed by atoms with Gasteiger partial charge in [-0.05, 0) is 16.7 Å². The molecule has 3 nitrogen and oxygen atoms in total. The van der Waals surface area contributed by atoms with Crippen LogP contribution in [0.4, 0.5) is 0 Å². The molecule has 0 unspecified atom stereocenters. The van der Waals surface area contributed by atoms with Crippen molar-refractivity contribution >= 4 is 17.9 Å². The van der Waals surface area contributed by atoms with Gasteiger partial charge in [-0.1, -0.05) is 206 Å². The molecular formula is C41H68ClNO2. The minimum absolute atomic E-state index is 0. The summed E-state index contributed by atoms with van der Waals surface area (Å²) in [7, 11) is 0. The average Bonchev–Trinajstić information content (AvgIpc) is 3.11. The summed E-state index contributed by atoms with van der Waals surface area (Å²) in [6.07, 6.45) is 1.35. The van der Waals surface area contributed by atoms with E-state index >= 15 is 0 Å². The number of nitriles is 1. The van der Waals surface area contributed by atoms with Crippen LogP contribution in [0.1, 0.15) is 112 Å². The van der Waals surface area contributed by atoms with Gasteiger partial charge in [0.2, 0.25) is 0 Å². The van der Waals surface area contributed by atoms with Crippen LogP contribution in [0.2, 0.25) is 0 Å². The Hall–Kier alpha value is -3.71. The lowest BCUT2D eigenvalue weighted by Crippen LogP contribution is -1.77. The first-order valence-electron chi connectivity index (χ1n) is 14.4. The van der Waals surface area contributed by atoms with Gasteiger partial charge in [-0.25, -0.2) is 0 Å². The van der Waals surface area contributed by atoms with Crippen LogP contribution < -0.4 is 0 Å². The van der Waals surface area contributed by atoms with Crippen LogP contribution in [-0.4, -0.2) is 11.4 Å². The highest BCUT2D eigenvalue weighted by atomic mass is 35.5. The summed E-state index contributed by atoms with van der Waals surface area (Å²) >= 11 is 5.53. The maximum atomic E-state index is 10.0. The van der Waals surface area contributed by atoms with Gasteiger partial charge in [-0.3, -0.25) is 4.79 Å². The lowest BCUT2D eigenvalue weighted by molar-refractivity contribution is 0.112. The van der Waals surface area contributed by atoms with Crippen LogP contribution in [0, 0.1) is 11.3 Å². The van der Waals surface area contributed by atoms with Crippen molar-refractivity contribution in [3.05, 3.63) is 144 Å². The molecule has 0 aromatic heterocycles. The summed E-state index contributed by atoms with van der Waals surface area (Å²) in [5.41, 5.74) is 3.95. The Balaban J connectivity index is -0.0000000612. The number of hydrogen-bond acceptors (Lipinski definition) is 3. The second-order valence-electron chi connectivity index (χ2n) is 6.61. The fourth-order valence-corrected chi connectivity index (χ4v) is 2.55. The maximum absolute atomic E-state index is 10.0. The van der Waals surface area contributed by atoms with Gasteiger partial charge in [0.1, 0.15) is 6.29 Å². The van der Waals surface area contributed by atoms with Crippen molar-refractivity contribution < 1.29 is 9.90 Å². The molecule has 4 aromatic rings. The van der Waals surface area contributed by atoms with E-state index in [9.17, 15) is 4.79 Å². The van der Waals surface area contributed by atoms with Crippen LogP contribution in [0.25, 0.3) is 0 Å². The van der Waals surface area contributed by atoms with Crippen molar-refractivity contribution in [3.8, 4) is 6.07 Å². The van der Waals surface area contributed by atoms with Crippen molar-refractivity contribution in [1.82, 2.24) is 0 Å². The standard InChI is InChI=1S/C8H7N.C7H7Cl.C7H8O.C7H6O.4C2H6.4CH4/c9-7-6-8-4-2-1-3-5-8;3*8-6-7-4-2-1-3-5-7;4*1-2;;;;/h1-5H,6H2;1-5H,6H2;1-5,8H,6H2;1-6H;4*1-2H3;4*1H4. The Kier molecular flexibility index (Phi) is 75.4. The number of rotatable bonds is 4. The average molecular weight is 642 g/mol. The molecule has 256 valence electrons. The Morgan fingerprint density at radius 3 is 1.04 bits per heavy atom. The number of aliphatic hydroxyl groups is 1. The molecule has 1 N–H and O–H groups in total. The number of alkyl halides is 1. The first kappa shape index (κ1) is 60.5. The summed E-state index contributed by atoms with van der Waals surface area (Å²) in [6, 6.07) is 40.4.